The quantitative estimate of drug-likeness (QED) is 0.660. The van der Waals surface area contributed by atoms with Gasteiger partial charge in [-0.05, 0) is 49.2 Å². The molecule has 3 aromatic rings. The average Bonchev–Trinajstić information content (AvgIpc) is 2.92. The van der Waals surface area contributed by atoms with Gasteiger partial charge >= 0.3 is 0 Å². The number of aromatic amines is 1. The molecule has 1 aromatic heterocycles. The van der Waals surface area contributed by atoms with Crippen molar-refractivity contribution in [2.75, 3.05) is 11.9 Å². The van der Waals surface area contributed by atoms with Crippen LogP contribution in [0, 0.1) is 6.92 Å². The summed E-state index contributed by atoms with van der Waals surface area (Å²) < 4.78 is 6.46. The summed E-state index contributed by atoms with van der Waals surface area (Å²) in [5, 5.41) is 4.02. The summed E-state index contributed by atoms with van der Waals surface area (Å²) in [4.78, 5) is 15.7. The SMILES string of the molecule is CCOc1ccc(Br)cc1NC(=O)Cc1c[nH]c2cc(C)ccc12. The summed E-state index contributed by atoms with van der Waals surface area (Å²) in [6.45, 7) is 4.52. The lowest BCUT2D eigenvalue weighted by Crippen LogP contribution is -2.15. The number of hydrogen-bond donors (Lipinski definition) is 2. The number of nitrogens with one attached hydrogen (secondary N) is 2. The maximum Gasteiger partial charge on any atom is 0.228 e. The Balaban J connectivity index is 1.79. The number of rotatable bonds is 5. The molecule has 0 saturated carbocycles. The van der Waals surface area contributed by atoms with E-state index in [0.717, 1.165) is 20.9 Å². The first-order chi connectivity index (χ1) is 11.6. The zero-order chi connectivity index (χ0) is 17.1. The van der Waals surface area contributed by atoms with Gasteiger partial charge in [-0.25, -0.2) is 0 Å². The summed E-state index contributed by atoms with van der Waals surface area (Å²) in [6, 6.07) is 11.8. The predicted octanol–water partition coefficient (Wildman–Crippen LogP) is 4.82. The molecule has 2 N–H and O–H groups in total. The Morgan fingerprint density at radius 2 is 2.08 bits per heavy atom. The van der Waals surface area contributed by atoms with Crippen LogP contribution in [0.5, 0.6) is 5.75 Å². The molecule has 124 valence electrons. The molecule has 0 unspecified atom stereocenters. The van der Waals surface area contributed by atoms with Crippen molar-refractivity contribution in [2.24, 2.45) is 0 Å². The highest BCUT2D eigenvalue weighted by Gasteiger charge is 2.12. The second-order valence-electron chi connectivity index (χ2n) is 5.66. The molecule has 3 rings (SSSR count). The van der Waals surface area contributed by atoms with E-state index >= 15 is 0 Å². The van der Waals surface area contributed by atoms with Crippen molar-refractivity contribution in [3.05, 3.63) is 58.2 Å². The zero-order valence-corrected chi connectivity index (χ0v) is 15.2. The van der Waals surface area contributed by atoms with Gasteiger partial charge in [-0.3, -0.25) is 4.79 Å². The van der Waals surface area contributed by atoms with Crippen LogP contribution in [0.4, 0.5) is 5.69 Å². The summed E-state index contributed by atoms with van der Waals surface area (Å²) >= 11 is 3.43. The van der Waals surface area contributed by atoms with Crippen LogP contribution in [0.1, 0.15) is 18.1 Å². The van der Waals surface area contributed by atoms with E-state index in [-0.39, 0.29) is 5.91 Å². The molecule has 1 heterocycles. The van der Waals surface area contributed by atoms with Crippen LogP contribution in [0.3, 0.4) is 0 Å². The Morgan fingerprint density at radius 1 is 1.25 bits per heavy atom. The van der Waals surface area contributed by atoms with E-state index in [4.69, 9.17) is 4.74 Å². The molecule has 0 fully saturated rings. The van der Waals surface area contributed by atoms with Crippen molar-refractivity contribution < 1.29 is 9.53 Å². The van der Waals surface area contributed by atoms with Crippen LogP contribution in [0.15, 0.2) is 47.1 Å². The number of fused-ring (bicyclic) bond motifs is 1. The molecular formula is C19H19BrN2O2. The average molecular weight is 387 g/mol. The first kappa shape index (κ1) is 16.6. The normalized spacial score (nSPS) is 10.8. The molecule has 1 amide bonds. The summed E-state index contributed by atoms with van der Waals surface area (Å²) in [6.07, 6.45) is 2.20. The summed E-state index contributed by atoms with van der Waals surface area (Å²) in [5.41, 5.74) is 3.90. The molecule has 0 saturated heterocycles. The fourth-order valence-electron chi connectivity index (χ4n) is 2.70. The molecule has 0 aliphatic rings. The third-order valence-electron chi connectivity index (χ3n) is 3.79. The van der Waals surface area contributed by atoms with Crippen molar-refractivity contribution in [3.63, 3.8) is 0 Å². The highest BCUT2D eigenvalue weighted by Crippen LogP contribution is 2.29. The van der Waals surface area contributed by atoms with E-state index in [1.165, 1.54) is 5.56 Å². The van der Waals surface area contributed by atoms with E-state index in [0.29, 0.717) is 24.5 Å². The van der Waals surface area contributed by atoms with Gasteiger partial charge in [0.1, 0.15) is 5.75 Å². The molecule has 0 aliphatic heterocycles. The number of aromatic nitrogens is 1. The molecule has 5 heteroatoms. The van der Waals surface area contributed by atoms with Crippen LogP contribution < -0.4 is 10.1 Å². The number of halogens is 1. The van der Waals surface area contributed by atoms with E-state index in [1.54, 1.807) is 0 Å². The Morgan fingerprint density at radius 3 is 2.88 bits per heavy atom. The molecule has 0 atom stereocenters. The van der Waals surface area contributed by atoms with Gasteiger partial charge in [0.25, 0.3) is 0 Å². The topological polar surface area (TPSA) is 54.1 Å². The van der Waals surface area contributed by atoms with Crippen molar-refractivity contribution in [2.45, 2.75) is 20.3 Å². The minimum absolute atomic E-state index is 0.0736. The Bertz CT molecular complexity index is 886. The minimum Gasteiger partial charge on any atom is -0.492 e. The maximum atomic E-state index is 12.5. The lowest BCUT2D eigenvalue weighted by molar-refractivity contribution is -0.115. The van der Waals surface area contributed by atoms with Crippen LogP contribution in [0.2, 0.25) is 0 Å². The third-order valence-corrected chi connectivity index (χ3v) is 4.28. The summed E-state index contributed by atoms with van der Waals surface area (Å²) in [5.74, 6) is 0.596. The standard InChI is InChI=1S/C19H19BrN2O2/c1-3-24-18-7-5-14(20)10-17(18)22-19(23)9-13-11-21-16-8-12(2)4-6-15(13)16/h4-8,10-11,21H,3,9H2,1-2H3,(H,22,23). The number of ether oxygens (including phenoxy) is 1. The summed E-state index contributed by atoms with van der Waals surface area (Å²) in [7, 11) is 0. The highest BCUT2D eigenvalue weighted by atomic mass is 79.9. The molecule has 0 spiro atoms. The first-order valence-corrected chi connectivity index (χ1v) is 8.65. The molecule has 0 bridgehead atoms. The molecule has 2 aromatic carbocycles. The maximum absolute atomic E-state index is 12.5. The number of benzene rings is 2. The lowest BCUT2D eigenvalue weighted by Gasteiger charge is -2.12. The van der Waals surface area contributed by atoms with E-state index < -0.39 is 0 Å². The van der Waals surface area contributed by atoms with Crippen LogP contribution in [-0.4, -0.2) is 17.5 Å². The van der Waals surface area contributed by atoms with Gasteiger partial charge in [-0.2, -0.15) is 0 Å². The Hall–Kier alpha value is -2.27. The number of amides is 1. The smallest absolute Gasteiger partial charge is 0.228 e. The number of H-pyrrole nitrogens is 1. The molecule has 24 heavy (non-hydrogen) atoms. The van der Waals surface area contributed by atoms with Crippen LogP contribution in [-0.2, 0) is 11.2 Å². The fourth-order valence-corrected chi connectivity index (χ4v) is 3.06. The molecule has 4 nitrogen and oxygen atoms in total. The van der Waals surface area contributed by atoms with Crippen molar-refractivity contribution in [1.29, 1.82) is 0 Å². The van der Waals surface area contributed by atoms with Gasteiger partial charge < -0.3 is 15.0 Å². The number of carbonyl (C=O) groups is 1. The van der Waals surface area contributed by atoms with Gasteiger partial charge in [0.15, 0.2) is 0 Å². The van der Waals surface area contributed by atoms with Gasteiger partial charge in [0.2, 0.25) is 5.91 Å². The third kappa shape index (κ3) is 3.62. The van der Waals surface area contributed by atoms with Gasteiger partial charge in [0, 0.05) is 21.6 Å². The van der Waals surface area contributed by atoms with Crippen LogP contribution >= 0.6 is 15.9 Å². The predicted molar refractivity (Wildman–Crippen MR) is 101 cm³/mol. The minimum atomic E-state index is -0.0736. The van der Waals surface area contributed by atoms with Crippen molar-refractivity contribution >= 4 is 38.4 Å². The largest absolute Gasteiger partial charge is 0.492 e. The Labute approximate surface area is 149 Å². The molecule has 0 aliphatic carbocycles. The van der Waals surface area contributed by atoms with Gasteiger partial charge in [-0.15, -0.1) is 0 Å². The van der Waals surface area contributed by atoms with Crippen molar-refractivity contribution in [1.82, 2.24) is 4.98 Å². The second-order valence-corrected chi connectivity index (χ2v) is 6.58. The van der Waals surface area contributed by atoms with Crippen LogP contribution in [0.25, 0.3) is 10.9 Å². The molecule has 0 radical (unpaired) electrons. The number of hydrogen-bond acceptors (Lipinski definition) is 2. The number of anilines is 1. The lowest BCUT2D eigenvalue weighted by atomic mass is 10.1. The highest BCUT2D eigenvalue weighted by molar-refractivity contribution is 9.10. The van der Waals surface area contributed by atoms with E-state index in [9.17, 15) is 4.79 Å². The fraction of sp³-hybridized carbons (Fsp3) is 0.211. The van der Waals surface area contributed by atoms with E-state index in [1.807, 2.05) is 31.3 Å². The zero-order valence-electron chi connectivity index (χ0n) is 13.7. The monoisotopic (exact) mass is 386 g/mol. The first-order valence-electron chi connectivity index (χ1n) is 7.85. The second kappa shape index (κ2) is 7.09. The molecular weight excluding hydrogens is 368 g/mol. The van der Waals surface area contributed by atoms with Gasteiger partial charge in [-0.1, -0.05) is 28.1 Å². The van der Waals surface area contributed by atoms with E-state index in [2.05, 4.69) is 51.4 Å². The number of carbonyl (C=O) groups excluding carboxylic acids is 1. The number of aryl methyl sites for hydroxylation is 1. The Kier molecular flexibility index (Phi) is 4.90. The van der Waals surface area contributed by atoms with Crippen molar-refractivity contribution in [3.8, 4) is 5.75 Å². The van der Waals surface area contributed by atoms with Gasteiger partial charge in [0.05, 0.1) is 18.7 Å².